The minimum absolute atomic E-state index is 0.481. The van der Waals surface area contributed by atoms with Crippen molar-refractivity contribution in [3.63, 3.8) is 0 Å². The Labute approximate surface area is 90.8 Å². The van der Waals surface area contributed by atoms with Crippen molar-refractivity contribution in [3.8, 4) is 0 Å². The summed E-state index contributed by atoms with van der Waals surface area (Å²) in [5.41, 5.74) is 0.961. The van der Waals surface area contributed by atoms with Crippen LogP contribution in [0.25, 0.3) is 0 Å². The molecule has 0 saturated carbocycles. The summed E-state index contributed by atoms with van der Waals surface area (Å²) < 4.78 is 0. The Kier molecular flexibility index (Phi) is 5.48. The zero-order valence-electron chi connectivity index (χ0n) is 11.0. The fourth-order valence-electron chi connectivity index (χ4n) is 1.27. The highest BCUT2D eigenvalue weighted by Gasteiger charge is 2.08. The van der Waals surface area contributed by atoms with Crippen molar-refractivity contribution in [1.29, 1.82) is 0 Å². The molecule has 0 unspecified atom stereocenters. The predicted molar refractivity (Wildman–Crippen MR) is 66.5 cm³/mol. The van der Waals surface area contributed by atoms with Crippen molar-refractivity contribution in [1.82, 2.24) is 0 Å². The molecular formula is C14H28. The largest absolute Gasteiger partial charge is 0.0885 e. The third-order valence-corrected chi connectivity index (χ3v) is 2.29. The van der Waals surface area contributed by atoms with Crippen molar-refractivity contribution in [2.75, 3.05) is 0 Å². The summed E-state index contributed by atoms with van der Waals surface area (Å²) in [6.07, 6.45) is 9.73. The van der Waals surface area contributed by atoms with E-state index in [0.717, 1.165) is 0 Å². The lowest BCUT2D eigenvalue weighted by Gasteiger charge is -2.17. The Morgan fingerprint density at radius 3 is 1.14 bits per heavy atom. The maximum absolute atomic E-state index is 2.34. The van der Waals surface area contributed by atoms with E-state index < -0.39 is 0 Å². The van der Waals surface area contributed by atoms with Crippen LogP contribution in [0.1, 0.15) is 67.2 Å². The molecule has 0 N–H and O–H groups in total. The van der Waals surface area contributed by atoms with Crippen LogP contribution in [0.3, 0.4) is 0 Å². The van der Waals surface area contributed by atoms with E-state index in [0.29, 0.717) is 10.8 Å². The molecule has 0 aliphatic carbocycles. The number of hydrogen-bond donors (Lipinski definition) is 0. The molecule has 0 aliphatic rings. The van der Waals surface area contributed by atoms with Gasteiger partial charge in [-0.2, -0.15) is 0 Å². The number of allylic oxidation sites excluding steroid dienone is 2. The van der Waals surface area contributed by atoms with Crippen LogP contribution in [0.5, 0.6) is 0 Å². The second-order valence-electron chi connectivity index (χ2n) is 6.67. The molecule has 0 spiro atoms. The van der Waals surface area contributed by atoms with Crippen molar-refractivity contribution in [3.05, 3.63) is 12.2 Å². The first-order valence-electron chi connectivity index (χ1n) is 5.86. The van der Waals surface area contributed by atoms with Crippen LogP contribution in [0.4, 0.5) is 0 Å². The summed E-state index contributed by atoms with van der Waals surface area (Å²) >= 11 is 0. The van der Waals surface area contributed by atoms with E-state index in [-0.39, 0.29) is 0 Å². The second-order valence-corrected chi connectivity index (χ2v) is 6.67. The van der Waals surface area contributed by atoms with Gasteiger partial charge in [0.25, 0.3) is 0 Å². The first-order valence-corrected chi connectivity index (χ1v) is 5.86. The molecule has 0 amide bonds. The molecule has 0 radical (unpaired) electrons. The molecule has 0 nitrogen and oxygen atoms in total. The van der Waals surface area contributed by atoms with Crippen LogP contribution in [0, 0.1) is 10.8 Å². The van der Waals surface area contributed by atoms with Gasteiger partial charge in [-0.15, -0.1) is 0 Å². The molecule has 0 fully saturated rings. The van der Waals surface area contributed by atoms with Crippen molar-refractivity contribution >= 4 is 0 Å². The molecule has 14 heavy (non-hydrogen) atoms. The Hall–Kier alpha value is -0.260. The molecule has 0 saturated heterocycles. The maximum Gasteiger partial charge on any atom is -0.0346 e. The summed E-state index contributed by atoms with van der Waals surface area (Å²) in [4.78, 5) is 0. The number of rotatable bonds is 4. The molecule has 0 aromatic heterocycles. The fraction of sp³-hybridized carbons (Fsp3) is 0.857. The van der Waals surface area contributed by atoms with E-state index in [4.69, 9.17) is 0 Å². The van der Waals surface area contributed by atoms with Crippen molar-refractivity contribution in [2.45, 2.75) is 67.2 Å². The van der Waals surface area contributed by atoms with E-state index in [9.17, 15) is 0 Å². The standard InChI is InChI=1S/C14H28/c1-13(2,3)11-9-7-8-10-12-14(4,5)6/h7-8H,9-12H2,1-6H3/b8-7-. The summed E-state index contributed by atoms with van der Waals surface area (Å²) in [5.74, 6) is 0. The van der Waals surface area contributed by atoms with Crippen LogP contribution in [-0.4, -0.2) is 0 Å². The van der Waals surface area contributed by atoms with Crippen LogP contribution >= 0.6 is 0 Å². The van der Waals surface area contributed by atoms with Gasteiger partial charge >= 0.3 is 0 Å². The average Bonchev–Trinajstić information content (AvgIpc) is 1.92. The van der Waals surface area contributed by atoms with Crippen LogP contribution in [0.2, 0.25) is 0 Å². The van der Waals surface area contributed by atoms with Crippen LogP contribution < -0.4 is 0 Å². The highest BCUT2D eigenvalue weighted by Crippen LogP contribution is 2.22. The Morgan fingerprint density at radius 1 is 0.643 bits per heavy atom. The zero-order valence-corrected chi connectivity index (χ0v) is 11.0. The number of hydrogen-bond acceptors (Lipinski definition) is 0. The van der Waals surface area contributed by atoms with Gasteiger partial charge in [-0.3, -0.25) is 0 Å². The molecule has 0 rings (SSSR count). The SMILES string of the molecule is CC(C)(C)CC/C=C\CCC(C)(C)C. The lowest BCUT2D eigenvalue weighted by atomic mass is 9.89. The topological polar surface area (TPSA) is 0 Å². The summed E-state index contributed by atoms with van der Waals surface area (Å²) in [5, 5.41) is 0. The monoisotopic (exact) mass is 196 g/mol. The van der Waals surface area contributed by atoms with Gasteiger partial charge in [0.05, 0.1) is 0 Å². The van der Waals surface area contributed by atoms with E-state index in [2.05, 4.69) is 53.7 Å². The Balaban J connectivity index is 3.47. The Bertz CT molecular complexity index is 141. The summed E-state index contributed by atoms with van der Waals surface area (Å²) in [6.45, 7) is 13.8. The van der Waals surface area contributed by atoms with Gasteiger partial charge in [0.2, 0.25) is 0 Å². The quantitative estimate of drug-likeness (QED) is 0.542. The average molecular weight is 196 g/mol. The van der Waals surface area contributed by atoms with Crippen molar-refractivity contribution < 1.29 is 0 Å². The van der Waals surface area contributed by atoms with E-state index in [1.165, 1.54) is 25.7 Å². The smallest absolute Gasteiger partial charge is 0.0346 e. The first kappa shape index (κ1) is 13.7. The van der Waals surface area contributed by atoms with E-state index in [1.54, 1.807) is 0 Å². The minimum atomic E-state index is 0.481. The van der Waals surface area contributed by atoms with Gasteiger partial charge in [-0.25, -0.2) is 0 Å². The minimum Gasteiger partial charge on any atom is -0.0885 e. The normalized spacial score (nSPS) is 13.9. The summed E-state index contributed by atoms with van der Waals surface area (Å²) in [6, 6.07) is 0. The predicted octanol–water partition coefficient (Wildman–Crippen LogP) is 5.20. The highest BCUT2D eigenvalue weighted by molar-refractivity contribution is 4.84. The van der Waals surface area contributed by atoms with Crippen LogP contribution in [-0.2, 0) is 0 Å². The van der Waals surface area contributed by atoms with Gasteiger partial charge in [0.15, 0.2) is 0 Å². The molecule has 0 aromatic rings. The summed E-state index contributed by atoms with van der Waals surface area (Å²) in [7, 11) is 0. The van der Waals surface area contributed by atoms with Gasteiger partial charge in [0.1, 0.15) is 0 Å². The molecule has 0 heteroatoms. The fourth-order valence-corrected chi connectivity index (χ4v) is 1.27. The van der Waals surface area contributed by atoms with E-state index in [1.807, 2.05) is 0 Å². The lowest BCUT2D eigenvalue weighted by molar-refractivity contribution is 0.377. The first-order chi connectivity index (χ1) is 6.21. The van der Waals surface area contributed by atoms with Gasteiger partial charge in [0, 0.05) is 0 Å². The van der Waals surface area contributed by atoms with Gasteiger partial charge in [-0.05, 0) is 36.5 Å². The lowest BCUT2D eigenvalue weighted by Crippen LogP contribution is -2.03. The molecule has 0 atom stereocenters. The van der Waals surface area contributed by atoms with Gasteiger partial charge in [-0.1, -0.05) is 53.7 Å². The van der Waals surface area contributed by atoms with E-state index >= 15 is 0 Å². The zero-order chi connectivity index (χ0) is 11.2. The molecule has 0 bridgehead atoms. The third-order valence-electron chi connectivity index (χ3n) is 2.29. The van der Waals surface area contributed by atoms with Crippen molar-refractivity contribution in [2.24, 2.45) is 10.8 Å². The van der Waals surface area contributed by atoms with Crippen LogP contribution in [0.15, 0.2) is 12.2 Å². The molecule has 0 heterocycles. The second kappa shape index (κ2) is 5.58. The van der Waals surface area contributed by atoms with Gasteiger partial charge < -0.3 is 0 Å². The third kappa shape index (κ3) is 11.7. The Morgan fingerprint density at radius 2 is 0.929 bits per heavy atom. The molecule has 84 valence electrons. The highest BCUT2D eigenvalue weighted by atomic mass is 14.1. The molecular weight excluding hydrogens is 168 g/mol. The molecule has 0 aliphatic heterocycles. The molecule has 0 aromatic carbocycles. The maximum atomic E-state index is 2.34.